The molecule has 0 amide bonds. The van der Waals surface area contributed by atoms with Crippen molar-refractivity contribution in [1.29, 1.82) is 0 Å². The van der Waals surface area contributed by atoms with Crippen LogP contribution in [0.4, 0.5) is 0 Å². The Bertz CT molecular complexity index is 206. The van der Waals surface area contributed by atoms with Crippen LogP contribution in [0.3, 0.4) is 0 Å². The van der Waals surface area contributed by atoms with E-state index in [4.69, 9.17) is 9.52 Å². The standard InChI is InChI=1S/C5H6OS.C3H6O2/c7-4-5-2-1-3-6-5;1-2-3(4)5/h1-3,7H,4H2;2H2,1H3,(H,4,5). The maximum atomic E-state index is 9.37. The maximum absolute atomic E-state index is 9.37. The van der Waals surface area contributed by atoms with Gasteiger partial charge in [-0.15, -0.1) is 0 Å². The van der Waals surface area contributed by atoms with E-state index >= 15 is 0 Å². The lowest BCUT2D eigenvalue weighted by Gasteiger charge is -1.79. The Morgan fingerprint density at radius 1 is 1.75 bits per heavy atom. The van der Waals surface area contributed by atoms with Gasteiger partial charge in [0.05, 0.1) is 6.26 Å². The van der Waals surface area contributed by atoms with Crippen molar-refractivity contribution in [3.8, 4) is 0 Å². The van der Waals surface area contributed by atoms with Gasteiger partial charge in [-0.05, 0) is 12.1 Å². The molecule has 0 spiro atoms. The lowest BCUT2D eigenvalue weighted by atomic mass is 10.5. The van der Waals surface area contributed by atoms with Crippen LogP contribution < -0.4 is 0 Å². The molecule has 1 N–H and O–H groups in total. The summed E-state index contributed by atoms with van der Waals surface area (Å²) in [6.07, 6.45) is 1.87. The minimum Gasteiger partial charge on any atom is -0.481 e. The quantitative estimate of drug-likeness (QED) is 0.699. The monoisotopic (exact) mass is 188 g/mol. The van der Waals surface area contributed by atoms with Gasteiger partial charge in [-0.3, -0.25) is 4.79 Å². The minimum absolute atomic E-state index is 0.222. The van der Waals surface area contributed by atoms with Crippen molar-refractivity contribution < 1.29 is 14.3 Å². The average Bonchev–Trinajstić information content (AvgIpc) is 2.57. The number of hydrogen-bond donors (Lipinski definition) is 2. The predicted molar refractivity (Wildman–Crippen MR) is 49.3 cm³/mol. The summed E-state index contributed by atoms with van der Waals surface area (Å²) < 4.78 is 4.91. The molecule has 0 fully saturated rings. The predicted octanol–water partition coefficient (Wildman–Crippen LogP) is 2.19. The zero-order chi connectivity index (χ0) is 9.40. The van der Waals surface area contributed by atoms with Crippen LogP contribution in [0.15, 0.2) is 22.8 Å². The van der Waals surface area contributed by atoms with Crippen molar-refractivity contribution in [2.24, 2.45) is 0 Å². The third kappa shape index (κ3) is 5.85. The summed E-state index contributed by atoms with van der Waals surface area (Å²) in [7, 11) is 0. The number of hydrogen-bond acceptors (Lipinski definition) is 3. The Hall–Kier alpha value is -0.900. The molecule has 0 aliphatic carbocycles. The van der Waals surface area contributed by atoms with E-state index in [9.17, 15) is 4.79 Å². The van der Waals surface area contributed by atoms with Gasteiger partial charge in [-0.1, -0.05) is 6.92 Å². The van der Waals surface area contributed by atoms with Gasteiger partial charge in [-0.2, -0.15) is 12.6 Å². The zero-order valence-corrected chi connectivity index (χ0v) is 7.75. The van der Waals surface area contributed by atoms with E-state index in [1.54, 1.807) is 13.2 Å². The van der Waals surface area contributed by atoms with Crippen LogP contribution in [0.2, 0.25) is 0 Å². The second-order valence-electron chi connectivity index (χ2n) is 1.98. The van der Waals surface area contributed by atoms with Crippen molar-refractivity contribution in [2.45, 2.75) is 19.1 Å². The van der Waals surface area contributed by atoms with Crippen molar-refractivity contribution >= 4 is 18.6 Å². The molecule has 0 unspecified atom stereocenters. The van der Waals surface area contributed by atoms with E-state index in [1.807, 2.05) is 12.1 Å². The summed E-state index contributed by atoms with van der Waals surface area (Å²) >= 11 is 3.98. The number of carbonyl (C=O) groups is 1. The summed E-state index contributed by atoms with van der Waals surface area (Å²) in [5.74, 6) is 0.862. The van der Waals surface area contributed by atoms with Crippen molar-refractivity contribution in [2.75, 3.05) is 0 Å². The number of aliphatic carboxylic acids is 1. The molecule has 4 heteroatoms. The third-order valence-corrected chi connectivity index (χ3v) is 1.35. The first-order chi connectivity index (χ1) is 5.70. The summed E-state index contributed by atoms with van der Waals surface area (Å²) in [6.45, 7) is 1.60. The smallest absolute Gasteiger partial charge is 0.303 e. The van der Waals surface area contributed by atoms with Crippen LogP contribution in [-0.2, 0) is 10.5 Å². The Morgan fingerprint density at radius 2 is 2.33 bits per heavy atom. The summed E-state index contributed by atoms with van der Waals surface area (Å²) in [4.78, 5) is 9.37. The Morgan fingerprint density at radius 3 is 2.50 bits per heavy atom. The fraction of sp³-hybridized carbons (Fsp3) is 0.375. The summed E-state index contributed by atoms with van der Waals surface area (Å²) in [5.41, 5.74) is 0. The van der Waals surface area contributed by atoms with Gasteiger partial charge in [0.25, 0.3) is 0 Å². The molecule has 68 valence electrons. The molecule has 1 rings (SSSR count). The fourth-order valence-corrected chi connectivity index (χ4v) is 0.582. The topological polar surface area (TPSA) is 50.4 Å². The third-order valence-electron chi connectivity index (χ3n) is 1.04. The van der Waals surface area contributed by atoms with Crippen LogP contribution in [0, 0.1) is 0 Å². The Labute approximate surface area is 76.8 Å². The van der Waals surface area contributed by atoms with E-state index in [0.717, 1.165) is 5.76 Å². The van der Waals surface area contributed by atoms with Crippen molar-refractivity contribution in [1.82, 2.24) is 0 Å². The first-order valence-electron chi connectivity index (χ1n) is 3.55. The largest absolute Gasteiger partial charge is 0.481 e. The second-order valence-corrected chi connectivity index (χ2v) is 2.30. The van der Waals surface area contributed by atoms with E-state index in [-0.39, 0.29) is 6.42 Å². The normalized spacial score (nSPS) is 8.50. The van der Waals surface area contributed by atoms with Crippen LogP contribution >= 0.6 is 12.6 Å². The molecule has 0 bridgehead atoms. The highest BCUT2D eigenvalue weighted by Crippen LogP contribution is 2.01. The lowest BCUT2D eigenvalue weighted by molar-refractivity contribution is -0.136. The van der Waals surface area contributed by atoms with E-state index in [2.05, 4.69) is 12.6 Å². The molecule has 12 heavy (non-hydrogen) atoms. The minimum atomic E-state index is -0.745. The van der Waals surface area contributed by atoms with Crippen LogP contribution in [-0.4, -0.2) is 11.1 Å². The number of carboxylic acid groups (broad SMARTS) is 1. The highest BCUT2D eigenvalue weighted by Gasteiger charge is 1.85. The molecular weight excluding hydrogens is 176 g/mol. The molecule has 1 heterocycles. The molecule has 0 radical (unpaired) electrons. The molecule has 1 aromatic rings. The van der Waals surface area contributed by atoms with Gasteiger partial charge >= 0.3 is 5.97 Å². The van der Waals surface area contributed by atoms with Gasteiger partial charge in [0, 0.05) is 12.2 Å². The first kappa shape index (κ1) is 11.1. The van der Waals surface area contributed by atoms with Gasteiger partial charge in [0.15, 0.2) is 0 Å². The second kappa shape index (κ2) is 6.79. The van der Waals surface area contributed by atoms with E-state index in [1.165, 1.54) is 0 Å². The number of furan rings is 1. The summed E-state index contributed by atoms with van der Waals surface area (Å²) in [6, 6.07) is 3.75. The molecule has 0 aromatic carbocycles. The van der Waals surface area contributed by atoms with Gasteiger partial charge in [0.1, 0.15) is 5.76 Å². The summed E-state index contributed by atoms with van der Waals surface area (Å²) in [5, 5.41) is 7.72. The van der Waals surface area contributed by atoms with Crippen LogP contribution in [0.1, 0.15) is 19.1 Å². The first-order valence-corrected chi connectivity index (χ1v) is 4.19. The zero-order valence-electron chi connectivity index (χ0n) is 6.86. The molecule has 0 aliphatic rings. The van der Waals surface area contributed by atoms with Gasteiger partial charge in [-0.25, -0.2) is 0 Å². The molecule has 0 saturated heterocycles. The molecule has 1 aromatic heterocycles. The maximum Gasteiger partial charge on any atom is 0.303 e. The van der Waals surface area contributed by atoms with Crippen LogP contribution in [0.25, 0.3) is 0 Å². The molecular formula is C8H12O3S. The van der Waals surface area contributed by atoms with Gasteiger partial charge < -0.3 is 9.52 Å². The highest BCUT2D eigenvalue weighted by atomic mass is 32.1. The molecule has 0 atom stereocenters. The Balaban J connectivity index is 0.000000217. The average molecular weight is 188 g/mol. The number of carboxylic acids is 1. The SMILES string of the molecule is CCC(=O)O.SCc1ccco1. The molecule has 3 nitrogen and oxygen atoms in total. The van der Waals surface area contributed by atoms with Crippen molar-refractivity contribution in [3.63, 3.8) is 0 Å². The van der Waals surface area contributed by atoms with E-state index < -0.39 is 5.97 Å². The van der Waals surface area contributed by atoms with Gasteiger partial charge in [0.2, 0.25) is 0 Å². The molecule has 0 saturated carbocycles. The highest BCUT2D eigenvalue weighted by molar-refractivity contribution is 7.79. The molecule has 0 aliphatic heterocycles. The van der Waals surface area contributed by atoms with Crippen molar-refractivity contribution in [3.05, 3.63) is 24.2 Å². The Kier molecular flexibility index (Phi) is 6.28. The number of rotatable bonds is 2. The number of thiol groups is 1. The lowest BCUT2D eigenvalue weighted by Crippen LogP contribution is -1.86. The van der Waals surface area contributed by atoms with Crippen LogP contribution in [0.5, 0.6) is 0 Å². The van der Waals surface area contributed by atoms with E-state index in [0.29, 0.717) is 5.75 Å². The fourth-order valence-electron chi connectivity index (χ4n) is 0.403.